The molecule has 1 aromatic heterocycles. The lowest BCUT2D eigenvalue weighted by molar-refractivity contribution is 0.0942. The van der Waals surface area contributed by atoms with Crippen molar-refractivity contribution in [3.63, 3.8) is 0 Å². The first-order valence-electron chi connectivity index (χ1n) is 7.99. The summed E-state index contributed by atoms with van der Waals surface area (Å²) in [5, 5.41) is 13.2. The SMILES string of the molecule is Cc1[nH]c2ccccc2c1C(=O)NCC(CCO)CC(C)C. The van der Waals surface area contributed by atoms with Crippen LogP contribution >= 0.6 is 0 Å². The van der Waals surface area contributed by atoms with Crippen LogP contribution in [0.3, 0.4) is 0 Å². The molecule has 1 aromatic carbocycles. The molecule has 3 N–H and O–H groups in total. The van der Waals surface area contributed by atoms with Gasteiger partial charge in [0.25, 0.3) is 5.91 Å². The zero-order chi connectivity index (χ0) is 16.1. The van der Waals surface area contributed by atoms with Crippen molar-refractivity contribution in [3.8, 4) is 0 Å². The Morgan fingerprint density at radius 3 is 2.73 bits per heavy atom. The largest absolute Gasteiger partial charge is 0.396 e. The van der Waals surface area contributed by atoms with E-state index < -0.39 is 0 Å². The minimum Gasteiger partial charge on any atom is -0.396 e. The highest BCUT2D eigenvalue weighted by molar-refractivity contribution is 6.08. The lowest BCUT2D eigenvalue weighted by atomic mass is 9.94. The summed E-state index contributed by atoms with van der Waals surface area (Å²) in [7, 11) is 0. The normalized spacial score (nSPS) is 12.8. The Hall–Kier alpha value is -1.81. The lowest BCUT2D eigenvalue weighted by Gasteiger charge is -2.18. The fraction of sp³-hybridized carbons (Fsp3) is 0.500. The molecule has 0 bridgehead atoms. The first kappa shape index (κ1) is 16.6. The van der Waals surface area contributed by atoms with Gasteiger partial charge in [-0.05, 0) is 37.7 Å². The predicted molar refractivity (Wildman–Crippen MR) is 90.0 cm³/mol. The van der Waals surface area contributed by atoms with Gasteiger partial charge >= 0.3 is 0 Å². The van der Waals surface area contributed by atoms with E-state index in [1.54, 1.807) is 0 Å². The Morgan fingerprint density at radius 1 is 1.32 bits per heavy atom. The molecule has 1 amide bonds. The molecule has 2 rings (SSSR count). The molecule has 22 heavy (non-hydrogen) atoms. The summed E-state index contributed by atoms with van der Waals surface area (Å²) in [6.07, 6.45) is 1.74. The number of carbonyl (C=O) groups is 1. The molecule has 120 valence electrons. The molecule has 0 aliphatic carbocycles. The Morgan fingerprint density at radius 2 is 2.05 bits per heavy atom. The van der Waals surface area contributed by atoms with Gasteiger partial charge in [-0.3, -0.25) is 4.79 Å². The standard InChI is InChI=1S/C18H26N2O2/c1-12(2)10-14(8-9-21)11-19-18(22)17-13(3)20-16-7-5-4-6-15(16)17/h4-7,12,14,20-21H,8-11H2,1-3H3,(H,19,22). The fourth-order valence-electron chi connectivity index (χ4n) is 3.05. The van der Waals surface area contributed by atoms with Crippen LogP contribution in [-0.2, 0) is 0 Å². The maximum absolute atomic E-state index is 12.5. The highest BCUT2D eigenvalue weighted by atomic mass is 16.3. The summed E-state index contributed by atoms with van der Waals surface area (Å²) in [5.74, 6) is 0.837. The maximum atomic E-state index is 12.5. The molecule has 4 heteroatoms. The average Bonchev–Trinajstić information content (AvgIpc) is 2.80. The number of carbonyl (C=O) groups excluding carboxylic acids is 1. The van der Waals surface area contributed by atoms with Crippen LogP contribution in [0.25, 0.3) is 10.9 Å². The molecule has 1 atom stereocenters. The number of hydrogen-bond donors (Lipinski definition) is 3. The summed E-state index contributed by atoms with van der Waals surface area (Å²) in [4.78, 5) is 15.8. The molecule has 2 aromatic rings. The number of aromatic amines is 1. The van der Waals surface area contributed by atoms with E-state index in [4.69, 9.17) is 5.11 Å². The number of benzene rings is 1. The predicted octanol–water partition coefficient (Wildman–Crippen LogP) is 3.25. The van der Waals surface area contributed by atoms with Crippen molar-refractivity contribution in [2.24, 2.45) is 11.8 Å². The summed E-state index contributed by atoms with van der Waals surface area (Å²) < 4.78 is 0. The summed E-state index contributed by atoms with van der Waals surface area (Å²) in [6.45, 7) is 7.02. The van der Waals surface area contributed by atoms with E-state index in [0.29, 0.717) is 18.4 Å². The Labute approximate surface area is 131 Å². The zero-order valence-electron chi connectivity index (χ0n) is 13.6. The molecule has 0 saturated heterocycles. The number of aromatic nitrogens is 1. The molecule has 1 unspecified atom stereocenters. The third-order valence-corrected chi connectivity index (χ3v) is 4.01. The van der Waals surface area contributed by atoms with E-state index in [1.807, 2.05) is 31.2 Å². The molecule has 0 aliphatic heterocycles. The third kappa shape index (κ3) is 3.89. The first-order chi connectivity index (χ1) is 10.5. The van der Waals surface area contributed by atoms with Crippen LogP contribution in [0, 0.1) is 18.8 Å². The van der Waals surface area contributed by atoms with E-state index in [2.05, 4.69) is 24.1 Å². The third-order valence-electron chi connectivity index (χ3n) is 4.01. The molecule has 1 heterocycles. The number of hydrogen-bond acceptors (Lipinski definition) is 2. The Bertz CT molecular complexity index is 631. The zero-order valence-corrected chi connectivity index (χ0v) is 13.6. The van der Waals surface area contributed by atoms with E-state index in [-0.39, 0.29) is 12.5 Å². The highest BCUT2D eigenvalue weighted by Gasteiger charge is 2.17. The second kappa shape index (κ2) is 7.45. The summed E-state index contributed by atoms with van der Waals surface area (Å²) >= 11 is 0. The van der Waals surface area contributed by atoms with Crippen LogP contribution in [0.1, 0.15) is 42.7 Å². The summed E-state index contributed by atoms with van der Waals surface area (Å²) in [5.41, 5.74) is 2.60. The molecule has 0 saturated carbocycles. The van der Waals surface area contributed by atoms with Gasteiger partial charge in [0.15, 0.2) is 0 Å². The average molecular weight is 302 g/mol. The van der Waals surface area contributed by atoms with Gasteiger partial charge in [0.05, 0.1) is 5.56 Å². The number of H-pyrrole nitrogens is 1. The summed E-state index contributed by atoms with van der Waals surface area (Å²) in [6, 6.07) is 7.85. The van der Waals surface area contributed by atoms with Crippen LogP contribution in [0.5, 0.6) is 0 Å². The molecular formula is C18H26N2O2. The van der Waals surface area contributed by atoms with Gasteiger partial charge in [0, 0.05) is 29.7 Å². The van der Waals surface area contributed by atoms with E-state index >= 15 is 0 Å². The van der Waals surface area contributed by atoms with Crippen LogP contribution in [0.4, 0.5) is 0 Å². The van der Waals surface area contributed by atoms with Crippen molar-refractivity contribution >= 4 is 16.8 Å². The fourth-order valence-corrected chi connectivity index (χ4v) is 3.05. The lowest BCUT2D eigenvalue weighted by Crippen LogP contribution is -2.30. The maximum Gasteiger partial charge on any atom is 0.253 e. The number of aliphatic hydroxyl groups excluding tert-OH is 1. The number of amides is 1. The van der Waals surface area contributed by atoms with Gasteiger partial charge in [-0.1, -0.05) is 32.0 Å². The smallest absolute Gasteiger partial charge is 0.253 e. The minimum atomic E-state index is -0.0401. The molecule has 0 fully saturated rings. The monoisotopic (exact) mass is 302 g/mol. The van der Waals surface area contributed by atoms with Gasteiger partial charge in [0.2, 0.25) is 0 Å². The molecule has 0 radical (unpaired) electrons. The van der Waals surface area contributed by atoms with Crippen molar-refractivity contribution in [2.45, 2.75) is 33.6 Å². The molecule has 0 aliphatic rings. The second-order valence-electron chi connectivity index (χ2n) is 6.39. The molecule has 0 spiro atoms. The van der Waals surface area contributed by atoms with E-state index in [1.165, 1.54) is 0 Å². The van der Waals surface area contributed by atoms with Crippen molar-refractivity contribution in [3.05, 3.63) is 35.5 Å². The van der Waals surface area contributed by atoms with E-state index in [0.717, 1.165) is 35.0 Å². The molecular weight excluding hydrogens is 276 g/mol. The second-order valence-corrected chi connectivity index (χ2v) is 6.39. The van der Waals surface area contributed by atoms with Gasteiger partial charge in [-0.25, -0.2) is 0 Å². The highest BCUT2D eigenvalue weighted by Crippen LogP contribution is 2.22. The quantitative estimate of drug-likeness (QED) is 0.735. The minimum absolute atomic E-state index is 0.0401. The van der Waals surface area contributed by atoms with Gasteiger partial charge in [-0.2, -0.15) is 0 Å². The van der Waals surface area contributed by atoms with Crippen LogP contribution < -0.4 is 5.32 Å². The first-order valence-corrected chi connectivity index (χ1v) is 7.99. The molecule has 4 nitrogen and oxygen atoms in total. The van der Waals surface area contributed by atoms with Crippen LogP contribution in [-0.4, -0.2) is 29.1 Å². The van der Waals surface area contributed by atoms with Crippen molar-refractivity contribution in [1.82, 2.24) is 10.3 Å². The van der Waals surface area contributed by atoms with Crippen LogP contribution in [0.2, 0.25) is 0 Å². The van der Waals surface area contributed by atoms with Crippen molar-refractivity contribution in [2.75, 3.05) is 13.2 Å². The van der Waals surface area contributed by atoms with Gasteiger partial charge in [0.1, 0.15) is 0 Å². The van der Waals surface area contributed by atoms with E-state index in [9.17, 15) is 4.79 Å². The number of rotatable bonds is 7. The van der Waals surface area contributed by atoms with Crippen molar-refractivity contribution in [1.29, 1.82) is 0 Å². The number of fused-ring (bicyclic) bond motifs is 1. The van der Waals surface area contributed by atoms with Crippen molar-refractivity contribution < 1.29 is 9.90 Å². The van der Waals surface area contributed by atoms with Gasteiger partial charge < -0.3 is 15.4 Å². The number of aryl methyl sites for hydroxylation is 1. The van der Waals surface area contributed by atoms with Gasteiger partial charge in [-0.15, -0.1) is 0 Å². The number of aliphatic hydroxyl groups is 1. The number of nitrogens with one attached hydrogen (secondary N) is 2. The Kier molecular flexibility index (Phi) is 5.61. The van der Waals surface area contributed by atoms with Crippen LogP contribution in [0.15, 0.2) is 24.3 Å². The number of para-hydroxylation sites is 1. The Balaban J connectivity index is 2.09. The topological polar surface area (TPSA) is 65.1 Å².